The summed E-state index contributed by atoms with van der Waals surface area (Å²) in [5.41, 5.74) is 1.84. The van der Waals surface area contributed by atoms with Gasteiger partial charge in [0.15, 0.2) is 5.11 Å². The minimum absolute atomic E-state index is 0.501. The summed E-state index contributed by atoms with van der Waals surface area (Å²) < 4.78 is 0. The second kappa shape index (κ2) is 7.85. The van der Waals surface area contributed by atoms with Gasteiger partial charge in [-0.3, -0.25) is 0 Å². The van der Waals surface area contributed by atoms with Gasteiger partial charge < -0.3 is 10.6 Å². The molecule has 2 aromatic carbocycles. The van der Waals surface area contributed by atoms with Gasteiger partial charge in [-0.25, -0.2) is 0 Å². The van der Waals surface area contributed by atoms with E-state index in [1.807, 2.05) is 24.3 Å². The van der Waals surface area contributed by atoms with E-state index in [4.69, 9.17) is 47.0 Å². The summed E-state index contributed by atoms with van der Waals surface area (Å²) in [6, 6.07) is 12.9. The molecule has 0 amide bonds. The Morgan fingerprint density at radius 1 is 1.00 bits per heavy atom. The number of anilines is 1. The van der Waals surface area contributed by atoms with Crippen LogP contribution in [0.25, 0.3) is 0 Å². The molecule has 0 aliphatic carbocycles. The lowest BCUT2D eigenvalue weighted by Gasteiger charge is -2.12. The zero-order chi connectivity index (χ0) is 15.2. The van der Waals surface area contributed by atoms with Gasteiger partial charge in [0.05, 0.1) is 10.7 Å². The molecule has 0 aliphatic rings. The first-order valence-electron chi connectivity index (χ1n) is 6.29. The van der Waals surface area contributed by atoms with Gasteiger partial charge in [0.25, 0.3) is 0 Å². The van der Waals surface area contributed by atoms with Crippen molar-refractivity contribution in [2.45, 2.75) is 6.42 Å². The van der Waals surface area contributed by atoms with Gasteiger partial charge in [0.2, 0.25) is 0 Å². The van der Waals surface area contributed by atoms with Crippen LogP contribution in [-0.2, 0) is 6.42 Å². The number of hydrogen-bond acceptors (Lipinski definition) is 1. The molecule has 6 heteroatoms. The van der Waals surface area contributed by atoms with E-state index in [1.54, 1.807) is 18.2 Å². The third-order valence-corrected chi connectivity index (χ3v) is 3.81. The van der Waals surface area contributed by atoms with Gasteiger partial charge >= 0.3 is 0 Å². The van der Waals surface area contributed by atoms with Crippen molar-refractivity contribution >= 4 is 57.8 Å². The molecule has 0 spiro atoms. The van der Waals surface area contributed by atoms with Crippen molar-refractivity contribution in [2.24, 2.45) is 0 Å². The first-order valence-corrected chi connectivity index (χ1v) is 7.83. The maximum absolute atomic E-state index is 6.06. The van der Waals surface area contributed by atoms with E-state index in [1.165, 1.54) is 0 Å². The highest BCUT2D eigenvalue weighted by molar-refractivity contribution is 7.80. The summed E-state index contributed by atoms with van der Waals surface area (Å²) in [4.78, 5) is 0. The van der Waals surface area contributed by atoms with Crippen molar-refractivity contribution < 1.29 is 0 Å². The third-order valence-electron chi connectivity index (χ3n) is 2.76. The highest BCUT2D eigenvalue weighted by Gasteiger charge is 2.03. The fraction of sp³-hybridized carbons (Fsp3) is 0.133. The molecule has 0 heterocycles. The summed E-state index contributed by atoms with van der Waals surface area (Å²) in [6.07, 6.45) is 0.825. The zero-order valence-electron chi connectivity index (χ0n) is 11.0. The maximum atomic E-state index is 6.06. The number of hydrogen-bond donors (Lipinski definition) is 2. The fourth-order valence-electron chi connectivity index (χ4n) is 1.77. The van der Waals surface area contributed by atoms with Gasteiger partial charge in [-0.15, -0.1) is 0 Å². The quantitative estimate of drug-likeness (QED) is 0.736. The van der Waals surface area contributed by atoms with E-state index in [0.717, 1.165) is 17.0 Å². The summed E-state index contributed by atoms with van der Waals surface area (Å²) in [5, 5.41) is 8.55. The summed E-state index contributed by atoms with van der Waals surface area (Å²) in [5.74, 6) is 0. The Kier molecular flexibility index (Phi) is 6.12. The highest BCUT2D eigenvalue weighted by Crippen LogP contribution is 2.25. The van der Waals surface area contributed by atoms with Crippen LogP contribution in [0.2, 0.25) is 15.1 Å². The van der Waals surface area contributed by atoms with E-state index in [0.29, 0.717) is 27.4 Å². The van der Waals surface area contributed by atoms with Crippen LogP contribution in [0, 0.1) is 0 Å². The largest absolute Gasteiger partial charge is 0.362 e. The normalized spacial score (nSPS) is 10.2. The van der Waals surface area contributed by atoms with Gasteiger partial charge in [0.1, 0.15) is 0 Å². The molecule has 2 rings (SSSR count). The van der Waals surface area contributed by atoms with Crippen LogP contribution in [0.3, 0.4) is 0 Å². The van der Waals surface area contributed by atoms with Crippen molar-refractivity contribution in [3.05, 3.63) is 63.1 Å². The van der Waals surface area contributed by atoms with E-state index in [9.17, 15) is 0 Å². The zero-order valence-corrected chi connectivity index (χ0v) is 14.1. The lowest BCUT2D eigenvalue weighted by atomic mass is 10.1. The molecule has 0 saturated heterocycles. The third kappa shape index (κ3) is 5.36. The fourth-order valence-corrected chi connectivity index (χ4v) is 2.53. The number of halogens is 3. The molecule has 0 aliphatic heterocycles. The average Bonchev–Trinajstić information content (AvgIpc) is 2.43. The monoisotopic (exact) mass is 358 g/mol. The molecule has 0 saturated carbocycles. The summed E-state index contributed by atoms with van der Waals surface area (Å²) in [7, 11) is 0. The molecule has 21 heavy (non-hydrogen) atoms. The first kappa shape index (κ1) is 16.4. The van der Waals surface area contributed by atoms with Crippen LogP contribution >= 0.6 is 47.0 Å². The maximum Gasteiger partial charge on any atom is 0.170 e. The highest BCUT2D eigenvalue weighted by atomic mass is 35.5. The standard InChI is InChI=1S/C15H13Cl3N2S/c16-11-3-1-2-10(8-11)6-7-19-15(21)20-14-9-12(17)4-5-13(14)18/h1-5,8-9H,6-7H2,(H2,19,20,21). The predicted octanol–water partition coefficient (Wildman–Crippen LogP) is 5.18. The van der Waals surface area contributed by atoms with Crippen molar-refractivity contribution in [3.8, 4) is 0 Å². The van der Waals surface area contributed by atoms with Gasteiger partial charge in [-0.2, -0.15) is 0 Å². The molecule has 0 bridgehead atoms. The Balaban J connectivity index is 1.84. The molecular weight excluding hydrogens is 347 g/mol. The average molecular weight is 360 g/mol. The van der Waals surface area contributed by atoms with Crippen LogP contribution in [0.4, 0.5) is 5.69 Å². The Morgan fingerprint density at radius 3 is 2.52 bits per heavy atom. The second-order valence-electron chi connectivity index (χ2n) is 4.38. The summed E-state index contributed by atoms with van der Waals surface area (Å²) >= 11 is 23.2. The smallest absolute Gasteiger partial charge is 0.170 e. The van der Waals surface area contributed by atoms with Crippen LogP contribution < -0.4 is 10.6 Å². The molecule has 0 unspecified atom stereocenters. The molecule has 2 nitrogen and oxygen atoms in total. The van der Waals surface area contributed by atoms with Crippen LogP contribution in [0.15, 0.2) is 42.5 Å². The first-order chi connectivity index (χ1) is 10.0. The molecule has 2 N–H and O–H groups in total. The topological polar surface area (TPSA) is 24.1 Å². The van der Waals surface area contributed by atoms with E-state index in [2.05, 4.69) is 10.6 Å². The van der Waals surface area contributed by atoms with Gasteiger partial charge in [0, 0.05) is 16.6 Å². The Labute approximate surface area is 144 Å². The predicted molar refractivity (Wildman–Crippen MR) is 95.8 cm³/mol. The lowest BCUT2D eigenvalue weighted by Crippen LogP contribution is -2.30. The van der Waals surface area contributed by atoms with E-state index < -0.39 is 0 Å². The van der Waals surface area contributed by atoms with Crippen molar-refractivity contribution in [2.75, 3.05) is 11.9 Å². The van der Waals surface area contributed by atoms with Crippen LogP contribution in [0.5, 0.6) is 0 Å². The van der Waals surface area contributed by atoms with Gasteiger partial charge in [-0.05, 0) is 54.5 Å². The Hall–Kier alpha value is -1.000. The number of rotatable bonds is 4. The van der Waals surface area contributed by atoms with E-state index in [-0.39, 0.29) is 0 Å². The number of benzene rings is 2. The molecule has 0 aromatic heterocycles. The van der Waals surface area contributed by atoms with E-state index >= 15 is 0 Å². The number of nitrogens with one attached hydrogen (secondary N) is 2. The lowest BCUT2D eigenvalue weighted by molar-refractivity contribution is 0.873. The molecule has 110 valence electrons. The minimum atomic E-state index is 0.501. The molecular formula is C15H13Cl3N2S. The SMILES string of the molecule is S=C(NCCc1cccc(Cl)c1)Nc1cc(Cl)ccc1Cl. The van der Waals surface area contributed by atoms with Crippen molar-refractivity contribution in [1.29, 1.82) is 0 Å². The summed E-state index contributed by atoms with van der Waals surface area (Å²) in [6.45, 7) is 0.699. The van der Waals surface area contributed by atoms with Crippen molar-refractivity contribution in [3.63, 3.8) is 0 Å². The van der Waals surface area contributed by atoms with Crippen LogP contribution in [0.1, 0.15) is 5.56 Å². The number of thiocarbonyl (C=S) groups is 1. The molecule has 0 radical (unpaired) electrons. The molecule has 2 aromatic rings. The Morgan fingerprint density at radius 2 is 1.76 bits per heavy atom. The van der Waals surface area contributed by atoms with Crippen LogP contribution in [-0.4, -0.2) is 11.7 Å². The Bertz CT molecular complexity index is 647. The molecule has 0 atom stereocenters. The van der Waals surface area contributed by atoms with Gasteiger partial charge in [-0.1, -0.05) is 46.9 Å². The van der Waals surface area contributed by atoms with Crippen molar-refractivity contribution in [1.82, 2.24) is 5.32 Å². The minimum Gasteiger partial charge on any atom is -0.362 e. The second-order valence-corrected chi connectivity index (χ2v) is 6.07. The molecule has 0 fully saturated rings.